The molecule has 2 aromatic carbocycles. The van der Waals surface area contributed by atoms with Gasteiger partial charge in [-0.05, 0) is 30.3 Å². The van der Waals surface area contributed by atoms with Gasteiger partial charge >= 0.3 is 6.18 Å². The van der Waals surface area contributed by atoms with Crippen molar-refractivity contribution >= 4 is 17.8 Å². The van der Waals surface area contributed by atoms with Crippen molar-refractivity contribution in [2.75, 3.05) is 0 Å². The molecule has 3 aromatic rings. The molecule has 0 atom stereocenters. The number of alkyl halides is 3. The van der Waals surface area contributed by atoms with Gasteiger partial charge in [-0.2, -0.15) is 18.3 Å². The maximum Gasteiger partial charge on any atom is 0.416 e. The Kier molecular flexibility index (Phi) is 5.44. The fraction of sp³-hybridized carbons (Fsp3) is 0.0526. The highest BCUT2D eigenvalue weighted by Gasteiger charge is 2.30. The number of nitro benzene ring substituents is 1. The zero-order valence-corrected chi connectivity index (χ0v) is 14.5. The van der Waals surface area contributed by atoms with Crippen LogP contribution in [0.5, 0.6) is 0 Å². The van der Waals surface area contributed by atoms with Gasteiger partial charge in [0.05, 0.1) is 16.7 Å². The number of nitrogens with zero attached hydrogens (tertiary/aromatic N) is 2. The molecule has 7 nitrogen and oxygen atoms in total. The lowest BCUT2D eigenvalue weighted by Gasteiger charge is -2.07. The van der Waals surface area contributed by atoms with Gasteiger partial charge in [0.25, 0.3) is 11.6 Å². The molecule has 0 radical (unpaired) electrons. The van der Waals surface area contributed by atoms with E-state index >= 15 is 0 Å². The molecule has 148 valence electrons. The predicted molar refractivity (Wildman–Crippen MR) is 97.3 cm³/mol. The Balaban J connectivity index is 1.72. The Hall–Kier alpha value is -3.95. The monoisotopic (exact) mass is 403 g/mol. The van der Waals surface area contributed by atoms with Crippen LogP contribution in [0, 0.1) is 10.1 Å². The number of para-hydroxylation sites is 1. The number of hydrogen-bond donors (Lipinski definition) is 1. The zero-order valence-electron chi connectivity index (χ0n) is 14.5. The third kappa shape index (κ3) is 4.67. The van der Waals surface area contributed by atoms with Crippen molar-refractivity contribution in [1.29, 1.82) is 0 Å². The molecule has 3 rings (SSSR count). The summed E-state index contributed by atoms with van der Waals surface area (Å²) >= 11 is 0. The lowest BCUT2D eigenvalue weighted by atomic mass is 10.1. The van der Waals surface area contributed by atoms with Gasteiger partial charge in [-0.3, -0.25) is 14.9 Å². The summed E-state index contributed by atoms with van der Waals surface area (Å²) in [4.78, 5) is 22.3. The van der Waals surface area contributed by atoms with Gasteiger partial charge in [-0.15, -0.1) is 0 Å². The first-order valence-electron chi connectivity index (χ1n) is 8.10. The molecule has 0 aliphatic rings. The van der Waals surface area contributed by atoms with Gasteiger partial charge in [-0.1, -0.05) is 24.3 Å². The average molecular weight is 403 g/mol. The van der Waals surface area contributed by atoms with Gasteiger partial charge in [0.15, 0.2) is 0 Å². The summed E-state index contributed by atoms with van der Waals surface area (Å²) in [5.74, 6) is -0.443. The Morgan fingerprint density at radius 1 is 1.10 bits per heavy atom. The largest absolute Gasteiger partial charge is 0.455 e. The van der Waals surface area contributed by atoms with Crippen molar-refractivity contribution in [1.82, 2.24) is 5.43 Å². The summed E-state index contributed by atoms with van der Waals surface area (Å²) in [5.41, 5.74) is 1.02. The van der Waals surface area contributed by atoms with E-state index in [2.05, 4.69) is 10.5 Å². The highest BCUT2D eigenvalue weighted by Crippen LogP contribution is 2.32. The number of carbonyl (C=O) groups excluding carboxylic acids is 1. The normalized spacial score (nSPS) is 11.6. The molecule has 1 N–H and O–H groups in total. The highest BCUT2D eigenvalue weighted by molar-refractivity contribution is 5.98. The highest BCUT2D eigenvalue weighted by atomic mass is 19.4. The number of benzene rings is 2. The van der Waals surface area contributed by atoms with Crippen LogP contribution >= 0.6 is 0 Å². The van der Waals surface area contributed by atoms with Gasteiger partial charge in [0, 0.05) is 11.6 Å². The Labute approximate surface area is 161 Å². The van der Waals surface area contributed by atoms with Crippen LogP contribution in [0.25, 0.3) is 11.3 Å². The number of amides is 1. The van der Waals surface area contributed by atoms with Crippen LogP contribution in [0.4, 0.5) is 18.9 Å². The summed E-state index contributed by atoms with van der Waals surface area (Å²) in [7, 11) is 0. The molecule has 0 saturated heterocycles. The molecule has 1 aromatic heterocycles. The quantitative estimate of drug-likeness (QED) is 0.381. The first kappa shape index (κ1) is 19.8. The van der Waals surface area contributed by atoms with E-state index in [1.54, 1.807) is 0 Å². The standard InChI is InChI=1S/C19H12F3N3O4/c20-19(21,22)13-5-3-4-12(10-13)17-9-8-14(29-17)11-23-24-18(26)15-6-1-2-7-16(15)25(27)28/h1-11H,(H,24,26)/b23-11-. The number of carbonyl (C=O) groups is 1. The van der Waals surface area contributed by atoms with Crippen LogP contribution in [0.3, 0.4) is 0 Å². The van der Waals surface area contributed by atoms with E-state index in [9.17, 15) is 28.1 Å². The van der Waals surface area contributed by atoms with Crippen molar-refractivity contribution in [2.24, 2.45) is 5.10 Å². The van der Waals surface area contributed by atoms with Gasteiger partial charge in [0.1, 0.15) is 17.1 Å². The van der Waals surface area contributed by atoms with Crippen molar-refractivity contribution < 1.29 is 27.3 Å². The fourth-order valence-corrected chi connectivity index (χ4v) is 2.47. The van der Waals surface area contributed by atoms with E-state index < -0.39 is 22.6 Å². The van der Waals surface area contributed by atoms with Crippen LogP contribution in [0.2, 0.25) is 0 Å². The third-order valence-corrected chi connectivity index (χ3v) is 3.80. The van der Waals surface area contributed by atoms with E-state index in [4.69, 9.17) is 4.42 Å². The summed E-state index contributed by atoms with van der Waals surface area (Å²) in [5, 5.41) is 14.6. The minimum Gasteiger partial charge on any atom is -0.455 e. The molecule has 0 saturated carbocycles. The van der Waals surface area contributed by atoms with E-state index in [1.165, 1.54) is 48.5 Å². The van der Waals surface area contributed by atoms with Crippen LogP contribution in [-0.2, 0) is 6.18 Å². The smallest absolute Gasteiger partial charge is 0.416 e. The topological polar surface area (TPSA) is 97.7 Å². The Bertz CT molecular complexity index is 1090. The zero-order chi connectivity index (χ0) is 21.0. The Morgan fingerprint density at radius 2 is 1.86 bits per heavy atom. The number of halogens is 3. The number of hydrazone groups is 1. The van der Waals surface area contributed by atoms with Gasteiger partial charge in [0.2, 0.25) is 0 Å². The summed E-state index contributed by atoms with van der Waals surface area (Å²) in [6.45, 7) is 0. The van der Waals surface area contributed by atoms with Crippen LogP contribution in [0.1, 0.15) is 21.7 Å². The van der Waals surface area contributed by atoms with Crippen LogP contribution < -0.4 is 5.43 Å². The lowest BCUT2D eigenvalue weighted by Crippen LogP contribution is -2.18. The predicted octanol–water partition coefficient (Wildman–Crippen LogP) is 4.64. The molecule has 1 heterocycles. The SMILES string of the molecule is O=C(N/N=C\c1ccc(-c2cccc(C(F)(F)F)c2)o1)c1ccccc1[N+](=O)[O-]. The maximum absolute atomic E-state index is 12.8. The van der Waals surface area contributed by atoms with Crippen molar-refractivity contribution in [3.05, 3.63) is 87.7 Å². The molecule has 0 fully saturated rings. The molecule has 0 aliphatic carbocycles. The van der Waals surface area contributed by atoms with Crippen molar-refractivity contribution in [2.45, 2.75) is 6.18 Å². The van der Waals surface area contributed by atoms with Crippen molar-refractivity contribution in [3.63, 3.8) is 0 Å². The minimum absolute atomic E-state index is 0.167. The third-order valence-electron chi connectivity index (χ3n) is 3.80. The number of hydrogen-bond acceptors (Lipinski definition) is 5. The number of nitro groups is 1. The number of rotatable bonds is 5. The first-order valence-corrected chi connectivity index (χ1v) is 8.10. The molecule has 0 aliphatic heterocycles. The number of furan rings is 1. The van der Waals surface area contributed by atoms with Crippen LogP contribution in [-0.4, -0.2) is 17.0 Å². The fourth-order valence-electron chi connectivity index (χ4n) is 2.47. The lowest BCUT2D eigenvalue weighted by molar-refractivity contribution is -0.385. The van der Waals surface area contributed by atoms with Gasteiger partial charge < -0.3 is 4.42 Å². The molecule has 0 spiro atoms. The van der Waals surface area contributed by atoms with E-state index in [0.29, 0.717) is 0 Å². The second-order valence-corrected chi connectivity index (χ2v) is 5.75. The van der Waals surface area contributed by atoms with E-state index in [1.807, 2.05) is 0 Å². The maximum atomic E-state index is 12.8. The summed E-state index contributed by atoms with van der Waals surface area (Å²) in [6.07, 6.45) is -3.35. The second-order valence-electron chi connectivity index (χ2n) is 5.75. The number of nitrogens with one attached hydrogen (secondary N) is 1. The van der Waals surface area contributed by atoms with E-state index in [-0.39, 0.29) is 28.3 Å². The molecule has 29 heavy (non-hydrogen) atoms. The summed E-state index contributed by atoms with van der Waals surface area (Å²) in [6, 6.07) is 12.9. The van der Waals surface area contributed by atoms with E-state index in [0.717, 1.165) is 18.3 Å². The average Bonchev–Trinajstić information content (AvgIpc) is 3.16. The van der Waals surface area contributed by atoms with Crippen LogP contribution in [0.15, 0.2) is 70.2 Å². The minimum atomic E-state index is -4.47. The first-order chi connectivity index (χ1) is 13.8. The molecular formula is C19H12F3N3O4. The molecule has 10 heteroatoms. The molecular weight excluding hydrogens is 391 g/mol. The second kappa shape index (κ2) is 7.97. The molecule has 1 amide bonds. The van der Waals surface area contributed by atoms with Crippen molar-refractivity contribution in [3.8, 4) is 11.3 Å². The molecule has 0 bridgehead atoms. The Morgan fingerprint density at radius 3 is 2.59 bits per heavy atom. The summed E-state index contributed by atoms with van der Waals surface area (Å²) < 4.78 is 43.9. The van der Waals surface area contributed by atoms with Gasteiger partial charge in [-0.25, -0.2) is 5.43 Å². The molecule has 0 unspecified atom stereocenters.